The van der Waals surface area contributed by atoms with Crippen molar-refractivity contribution in [1.82, 2.24) is 20.0 Å². The van der Waals surface area contributed by atoms with Gasteiger partial charge in [0.05, 0.1) is 6.54 Å². The fourth-order valence-electron chi connectivity index (χ4n) is 2.76. The van der Waals surface area contributed by atoms with Crippen LogP contribution in [0.4, 0.5) is 0 Å². The van der Waals surface area contributed by atoms with Crippen molar-refractivity contribution in [2.24, 2.45) is 0 Å². The maximum absolute atomic E-state index is 12.4. The zero-order valence-corrected chi connectivity index (χ0v) is 13.6. The highest BCUT2D eigenvalue weighted by Crippen LogP contribution is 2.19. The maximum Gasteiger partial charge on any atom is 0.276 e. The van der Waals surface area contributed by atoms with E-state index in [1.54, 1.807) is 17.9 Å². The Hall–Kier alpha value is -2.44. The zero-order chi connectivity index (χ0) is 16.4. The maximum atomic E-state index is 12.4. The summed E-state index contributed by atoms with van der Waals surface area (Å²) < 4.78 is 10.9. The highest BCUT2D eigenvalue weighted by Gasteiger charge is 2.27. The Morgan fingerprint density at radius 2 is 2.13 bits per heavy atom. The van der Waals surface area contributed by atoms with Crippen LogP contribution in [0, 0.1) is 20.8 Å². The van der Waals surface area contributed by atoms with Gasteiger partial charge < -0.3 is 14.2 Å². The molecule has 7 nitrogen and oxygen atoms in total. The summed E-state index contributed by atoms with van der Waals surface area (Å²) in [6.07, 6.45) is 1.70. The van der Waals surface area contributed by atoms with E-state index in [-0.39, 0.29) is 12.0 Å². The number of aryl methyl sites for hydroxylation is 3. The summed E-state index contributed by atoms with van der Waals surface area (Å²) >= 11 is 0. The minimum absolute atomic E-state index is 0.0746. The van der Waals surface area contributed by atoms with Crippen molar-refractivity contribution in [1.29, 1.82) is 0 Å². The number of ether oxygens (including phenoxy) is 1. The van der Waals surface area contributed by atoms with E-state index in [2.05, 4.69) is 15.1 Å². The minimum Gasteiger partial charge on any atom is -0.472 e. The molecule has 122 valence electrons. The van der Waals surface area contributed by atoms with Crippen LogP contribution in [-0.4, -0.2) is 45.1 Å². The third kappa shape index (κ3) is 3.67. The molecule has 3 rings (SSSR count). The first-order valence-electron chi connectivity index (χ1n) is 7.73. The lowest BCUT2D eigenvalue weighted by atomic mass is 10.1. The Balaban J connectivity index is 1.67. The van der Waals surface area contributed by atoms with Gasteiger partial charge in [0.15, 0.2) is 5.69 Å². The molecule has 0 spiro atoms. The molecule has 0 aromatic carbocycles. The molecule has 1 aliphatic heterocycles. The number of amides is 1. The summed E-state index contributed by atoms with van der Waals surface area (Å²) in [5.41, 5.74) is 1.21. The van der Waals surface area contributed by atoms with Crippen LogP contribution in [0.15, 0.2) is 16.7 Å². The molecule has 1 unspecified atom stereocenters. The van der Waals surface area contributed by atoms with Crippen LogP contribution in [0.3, 0.4) is 0 Å². The topological polar surface area (TPSA) is 81.4 Å². The van der Waals surface area contributed by atoms with Gasteiger partial charge >= 0.3 is 0 Å². The largest absolute Gasteiger partial charge is 0.472 e. The van der Waals surface area contributed by atoms with E-state index in [0.29, 0.717) is 36.2 Å². The highest BCUT2D eigenvalue weighted by molar-refractivity contribution is 5.92. The Morgan fingerprint density at radius 1 is 1.30 bits per heavy atom. The van der Waals surface area contributed by atoms with Crippen LogP contribution in [0.5, 0.6) is 5.88 Å². The number of carbonyl (C=O) groups excluding carboxylic acids is 1. The van der Waals surface area contributed by atoms with Crippen molar-refractivity contribution >= 4 is 5.91 Å². The molecule has 0 N–H and O–H groups in total. The zero-order valence-electron chi connectivity index (χ0n) is 13.6. The van der Waals surface area contributed by atoms with Crippen LogP contribution in [-0.2, 0) is 0 Å². The van der Waals surface area contributed by atoms with Crippen molar-refractivity contribution < 1.29 is 14.1 Å². The van der Waals surface area contributed by atoms with E-state index >= 15 is 0 Å². The van der Waals surface area contributed by atoms with Gasteiger partial charge in [0.2, 0.25) is 5.88 Å². The number of hydrogen-bond donors (Lipinski definition) is 0. The lowest BCUT2D eigenvalue weighted by Crippen LogP contribution is -2.44. The average molecular weight is 316 g/mol. The van der Waals surface area contributed by atoms with E-state index in [1.807, 2.05) is 19.9 Å². The number of carbonyl (C=O) groups is 1. The molecule has 3 heterocycles. The number of nitrogens with zero attached hydrogens (tertiary/aromatic N) is 4. The number of likely N-dealkylation sites (tertiary alicyclic amines) is 1. The van der Waals surface area contributed by atoms with Gasteiger partial charge in [0.1, 0.15) is 17.7 Å². The second-order valence-electron chi connectivity index (χ2n) is 5.85. The third-order valence-electron chi connectivity index (χ3n) is 3.74. The third-order valence-corrected chi connectivity index (χ3v) is 3.74. The van der Waals surface area contributed by atoms with Crippen LogP contribution < -0.4 is 4.74 Å². The van der Waals surface area contributed by atoms with Gasteiger partial charge in [-0.25, -0.2) is 4.98 Å². The van der Waals surface area contributed by atoms with Gasteiger partial charge in [0, 0.05) is 24.4 Å². The first kappa shape index (κ1) is 15.5. The molecule has 0 saturated carbocycles. The van der Waals surface area contributed by atoms with Crippen LogP contribution in [0.1, 0.15) is 40.6 Å². The summed E-state index contributed by atoms with van der Waals surface area (Å²) in [7, 11) is 0. The summed E-state index contributed by atoms with van der Waals surface area (Å²) in [5.74, 6) is 1.75. The molecule has 23 heavy (non-hydrogen) atoms. The van der Waals surface area contributed by atoms with Gasteiger partial charge in [-0.2, -0.15) is 4.98 Å². The highest BCUT2D eigenvalue weighted by atomic mass is 16.5. The van der Waals surface area contributed by atoms with E-state index in [4.69, 9.17) is 9.26 Å². The number of piperidine rings is 1. The lowest BCUT2D eigenvalue weighted by molar-refractivity contribution is 0.0518. The van der Waals surface area contributed by atoms with Crippen molar-refractivity contribution in [3.05, 3.63) is 35.1 Å². The minimum atomic E-state index is -0.120. The summed E-state index contributed by atoms with van der Waals surface area (Å²) in [6, 6.07) is 3.47. The van der Waals surface area contributed by atoms with Crippen molar-refractivity contribution in [2.75, 3.05) is 13.1 Å². The van der Waals surface area contributed by atoms with Gasteiger partial charge in [-0.3, -0.25) is 4.79 Å². The van der Waals surface area contributed by atoms with Gasteiger partial charge in [0.25, 0.3) is 5.91 Å². The molecule has 1 fully saturated rings. The SMILES string of the molecule is Cc1cc(OC2CCCN(C(=O)c3cc(C)on3)C2)nc(C)n1. The van der Waals surface area contributed by atoms with E-state index in [1.165, 1.54) is 0 Å². The van der Waals surface area contributed by atoms with Crippen LogP contribution >= 0.6 is 0 Å². The Labute approximate surface area is 134 Å². The first-order chi connectivity index (χ1) is 11.0. The quantitative estimate of drug-likeness (QED) is 0.862. The second kappa shape index (κ2) is 6.36. The fraction of sp³-hybridized carbons (Fsp3) is 0.500. The average Bonchev–Trinajstić information content (AvgIpc) is 2.92. The first-order valence-corrected chi connectivity index (χ1v) is 7.73. The molecule has 7 heteroatoms. The Bertz CT molecular complexity index is 693. The Kier molecular flexibility index (Phi) is 4.27. The normalized spacial score (nSPS) is 18.0. The van der Waals surface area contributed by atoms with Crippen molar-refractivity contribution in [3.63, 3.8) is 0 Å². The molecule has 1 amide bonds. The summed E-state index contributed by atoms with van der Waals surface area (Å²) in [5, 5.41) is 3.80. The molecular weight excluding hydrogens is 296 g/mol. The predicted octanol–water partition coefficient (Wildman–Crippen LogP) is 2.07. The Morgan fingerprint density at radius 3 is 2.83 bits per heavy atom. The summed E-state index contributed by atoms with van der Waals surface area (Å²) in [6.45, 7) is 6.74. The van der Waals surface area contributed by atoms with E-state index in [0.717, 1.165) is 18.5 Å². The molecule has 1 aliphatic rings. The molecule has 2 aromatic rings. The molecule has 0 aliphatic carbocycles. The van der Waals surface area contributed by atoms with Crippen LogP contribution in [0.2, 0.25) is 0 Å². The monoisotopic (exact) mass is 316 g/mol. The van der Waals surface area contributed by atoms with Crippen LogP contribution in [0.25, 0.3) is 0 Å². The summed E-state index contributed by atoms with van der Waals surface area (Å²) in [4.78, 5) is 22.7. The van der Waals surface area contributed by atoms with Gasteiger partial charge in [-0.15, -0.1) is 0 Å². The molecule has 0 radical (unpaired) electrons. The molecular formula is C16H20N4O3. The lowest BCUT2D eigenvalue weighted by Gasteiger charge is -2.32. The molecule has 1 atom stereocenters. The van der Waals surface area contributed by atoms with E-state index in [9.17, 15) is 4.79 Å². The standard InChI is InChI=1S/C16H20N4O3/c1-10-7-15(18-12(3)17-10)22-13-5-4-6-20(9-13)16(21)14-8-11(2)23-19-14/h7-8,13H,4-6,9H2,1-3H3. The molecule has 0 bridgehead atoms. The number of rotatable bonds is 3. The van der Waals surface area contributed by atoms with Crippen molar-refractivity contribution in [2.45, 2.75) is 39.7 Å². The fourth-order valence-corrected chi connectivity index (χ4v) is 2.76. The van der Waals surface area contributed by atoms with E-state index < -0.39 is 0 Å². The number of aromatic nitrogens is 3. The molecule has 1 saturated heterocycles. The number of hydrogen-bond acceptors (Lipinski definition) is 6. The van der Waals surface area contributed by atoms with Gasteiger partial charge in [-0.05, 0) is 33.6 Å². The molecule has 2 aromatic heterocycles. The van der Waals surface area contributed by atoms with Crippen molar-refractivity contribution in [3.8, 4) is 5.88 Å². The smallest absolute Gasteiger partial charge is 0.276 e. The van der Waals surface area contributed by atoms with Gasteiger partial charge in [-0.1, -0.05) is 5.16 Å². The second-order valence-corrected chi connectivity index (χ2v) is 5.85. The predicted molar refractivity (Wildman–Crippen MR) is 82.3 cm³/mol.